The van der Waals surface area contributed by atoms with E-state index in [1.165, 1.54) is 109 Å². The summed E-state index contributed by atoms with van der Waals surface area (Å²) in [5, 5.41) is 23.0. The molecule has 0 bridgehead atoms. The molecule has 0 saturated carbocycles. The predicted octanol–water partition coefficient (Wildman–Crippen LogP) is 2.75. The molecule has 1 saturated heterocycles. The molecular weight excluding hydrogens is 1190 g/mol. The Bertz CT molecular complexity index is 2580. The van der Waals surface area contributed by atoms with Gasteiger partial charge in [0.2, 0.25) is 65.0 Å². The molecule has 1 heterocycles. The van der Waals surface area contributed by atoms with E-state index >= 15 is 9.59 Å². The normalized spacial score (nSPS) is 26.1. The molecule has 0 aliphatic carbocycles. The zero-order valence-corrected chi connectivity index (χ0v) is 59.7. The molecule has 0 aromatic carbocycles. The van der Waals surface area contributed by atoms with Gasteiger partial charge in [0, 0.05) is 56.3 Å². The minimum atomic E-state index is -1.65. The van der Waals surface area contributed by atoms with Gasteiger partial charge in [-0.05, 0) is 101 Å². The maximum atomic E-state index is 15.2. The number of rotatable bonds is 19. The monoisotopic (exact) mass is 1300 g/mol. The molecule has 13 atom stereocenters. The van der Waals surface area contributed by atoms with Crippen LogP contribution in [-0.2, 0) is 67.0 Å². The number of likely N-dealkylation sites (N-methyl/N-ethyl adjacent to an activating group) is 7. The predicted molar refractivity (Wildman–Crippen MR) is 350 cm³/mol. The Hall–Kier alpha value is -6.96. The van der Waals surface area contributed by atoms with E-state index in [0.717, 1.165) is 14.7 Å². The lowest BCUT2D eigenvalue weighted by atomic mass is 9.91. The van der Waals surface area contributed by atoms with Crippen LogP contribution >= 0.6 is 0 Å². The SMILES string of the molecule is C/C=C/C[C@@H](C)[C@@H](O)[C@H]1C(=O)N[C@@H](CC)C(=O)N(C)CC(=O)N(C)[C@@H]([C@@H](C)OC/C=C/COC(C)=O)C(=O)N[C@@H](C(C)C)C(=O)N(C)[C@@H](CC(C)C)C(=O)N[C@@H](C)C(=O)N[C@H](C)C(=O)N(C)[C@@H](CC(C)C)C(=O)N(C)[C@H](CC(C)C)C(=O)N(C)[C@@H](C(C)C)C(=O)N1C. The first-order valence-electron chi connectivity index (χ1n) is 32.4. The Labute approximate surface area is 548 Å². The maximum Gasteiger partial charge on any atom is 0.302 e. The fourth-order valence-corrected chi connectivity index (χ4v) is 11.1. The first-order chi connectivity index (χ1) is 42.6. The highest BCUT2D eigenvalue weighted by atomic mass is 16.5. The lowest BCUT2D eigenvalue weighted by Crippen LogP contribution is -2.63. The Morgan fingerprint density at radius 3 is 1.48 bits per heavy atom. The average molecular weight is 1300 g/mol. The van der Waals surface area contributed by atoms with Gasteiger partial charge in [-0.2, -0.15) is 0 Å². The highest BCUT2D eigenvalue weighted by Gasteiger charge is 2.46. The van der Waals surface area contributed by atoms with E-state index in [-0.39, 0.29) is 63.1 Å². The molecule has 0 aromatic heterocycles. The lowest BCUT2D eigenvalue weighted by Gasteiger charge is -2.41. The summed E-state index contributed by atoms with van der Waals surface area (Å²) in [7, 11) is 9.66. The van der Waals surface area contributed by atoms with Crippen LogP contribution in [0.4, 0.5) is 0 Å². The van der Waals surface area contributed by atoms with E-state index in [1.54, 1.807) is 60.6 Å². The molecule has 5 N–H and O–H groups in total. The molecule has 26 nitrogen and oxygen atoms in total. The number of nitrogens with zero attached hydrogens (tertiary/aromatic N) is 7. The molecule has 0 spiro atoms. The van der Waals surface area contributed by atoms with Crippen LogP contribution < -0.4 is 21.3 Å². The van der Waals surface area contributed by atoms with Gasteiger partial charge in [0.15, 0.2) is 0 Å². The number of hydrogen-bond donors (Lipinski definition) is 5. The van der Waals surface area contributed by atoms with Crippen molar-refractivity contribution in [2.45, 2.75) is 222 Å². The Balaban J connectivity index is 4.40. The van der Waals surface area contributed by atoms with Crippen LogP contribution in [0.2, 0.25) is 0 Å². The van der Waals surface area contributed by atoms with Gasteiger partial charge in [0.25, 0.3) is 0 Å². The quantitative estimate of drug-likeness (QED) is 0.0918. The molecular formula is C66H115N11O15. The fourth-order valence-electron chi connectivity index (χ4n) is 11.1. The number of amides is 11. The number of esters is 1. The van der Waals surface area contributed by atoms with Crippen molar-refractivity contribution in [2.75, 3.05) is 69.1 Å². The summed E-state index contributed by atoms with van der Waals surface area (Å²) < 4.78 is 11.0. The van der Waals surface area contributed by atoms with Gasteiger partial charge in [0.1, 0.15) is 67.0 Å². The number of nitrogens with one attached hydrogen (secondary N) is 4. The van der Waals surface area contributed by atoms with E-state index in [2.05, 4.69) is 21.3 Å². The van der Waals surface area contributed by atoms with Gasteiger partial charge >= 0.3 is 5.97 Å². The van der Waals surface area contributed by atoms with Gasteiger partial charge < -0.3 is 70.1 Å². The molecule has 1 fully saturated rings. The molecule has 11 amide bonds. The van der Waals surface area contributed by atoms with Crippen molar-refractivity contribution >= 4 is 70.9 Å². The summed E-state index contributed by atoms with van der Waals surface area (Å²) in [6.07, 6.45) is 4.59. The summed E-state index contributed by atoms with van der Waals surface area (Å²) in [6, 6.07) is -13.1. The molecule has 0 unspecified atom stereocenters. The van der Waals surface area contributed by atoms with E-state index in [9.17, 15) is 53.1 Å². The van der Waals surface area contributed by atoms with Crippen LogP contribution in [0.1, 0.15) is 150 Å². The number of allylic oxidation sites excluding steroid dienone is 2. The third-order valence-electron chi connectivity index (χ3n) is 16.7. The smallest absolute Gasteiger partial charge is 0.302 e. The maximum absolute atomic E-state index is 15.2. The van der Waals surface area contributed by atoms with E-state index in [1.807, 2.05) is 41.5 Å². The van der Waals surface area contributed by atoms with Crippen molar-refractivity contribution < 1.29 is 72.1 Å². The number of carbonyl (C=O) groups excluding carboxylic acids is 12. The lowest BCUT2D eigenvalue weighted by molar-refractivity contribution is -0.157. The second-order valence-corrected chi connectivity index (χ2v) is 26.7. The third-order valence-corrected chi connectivity index (χ3v) is 16.7. The van der Waals surface area contributed by atoms with Gasteiger partial charge in [0.05, 0.1) is 25.4 Å². The Morgan fingerprint density at radius 1 is 0.522 bits per heavy atom. The van der Waals surface area contributed by atoms with Crippen LogP contribution in [0, 0.1) is 35.5 Å². The van der Waals surface area contributed by atoms with E-state index in [4.69, 9.17) is 9.47 Å². The number of aliphatic hydroxyl groups is 1. The number of aliphatic hydroxyl groups excluding tert-OH is 1. The fraction of sp³-hybridized carbons (Fsp3) is 0.758. The Kier molecular flexibility index (Phi) is 35.1. The number of carbonyl (C=O) groups is 12. The van der Waals surface area contributed by atoms with Crippen molar-refractivity contribution in [1.82, 2.24) is 55.6 Å². The Morgan fingerprint density at radius 2 is 0.989 bits per heavy atom. The molecule has 26 heteroatoms. The van der Waals surface area contributed by atoms with Crippen LogP contribution in [-0.4, -0.2) is 252 Å². The van der Waals surface area contributed by atoms with Gasteiger partial charge in [-0.1, -0.05) is 101 Å². The molecule has 1 aliphatic rings. The second kappa shape index (κ2) is 38.9. The van der Waals surface area contributed by atoms with Crippen LogP contribution in [0.15, 0.2) is 24.3 Å². The zero-order valence-electron chi connectivity index (χ0n) is 59.7. The van der Waals surface area contributed by atoms with Crippen molar-refractivity contribution in [3.05, 3.63) is 24.3 Å². The highest BCUT2D eigenvalue weighted by Crippen LogP contribution is 2.26. The average Bonchev–Trinajstić information content (AvgIpc) is 0.831. The first-order valence-corrected chi connectivity index (χ1v) is 32.4. The molecule has 1 aliphatic heterocycles. The molecule has 524 valence electrons. The summed E-state index contributed by atoms with van der Waals surface area (Å²) in [4.78, 5) is 181. The van der Waals surface area contributed by atoms with Crippen LogP contribution in [0.25, 0.3) is 0 Å². The first kappa shape index (κ1) is 83.1. The van der Waals surface area contributed by atoms with E-state index < -0.39 is 168 Å². The molecule has 1 rings (SSSR count). The molecule has 0 aromatic rings. The van der Waals surface area contributed by atoms with Gasteiger partial charge in [-0.15, -0.1) is 0 Å². The molecule has 0 radical (unpaired) electrons. The standard InChI is InChI=1S/C66H115N11O15/c1-25-27-30-42(13)56(80)55-60(84)69-47(26-2)62(86)71(18)36-51(79)75(22)54(45(16)91-31-28-29-32-92-46(17)78)59(83)70-52(40(9)10)65(89)72(19)48(33-37(3)4)58(82)67-43(14)57(81)68-44(15)61(85)73(20)49(34-38(5)6)63(87)74(21)50(35-39(7)8)64(88)76(23)53(41(11)12)66(90)77(55)24/h25,27-29,37-45,47-50,52-56,80H,26,30-36H2,1-24H3,(H,67,82)(H,68,81)(H,69,84)(H,70,83)/b27-25+,29-28+/t42-,43+,44-,45-,47+,48+,49+,50-,52+,53+,54+,55+,56-/m1/s1. The van der Waals surface area contributed by atoms with Crippen molar-refractivity contribution in [1.29, 1.82) is 0 Å². The largest absolute Gasteiger partial charge is 0.462 e. The zero-order chi connectivity index (χ0) is 71.1. The van der Waals surface area contributed by atoms with Crippen molar-refractivity contribution in [2.24, 2.45) is 35.5 Å². The topological polar surface area (TPSA) is 314 Å². The van der Waals surface area contributed by atoms with Crippen LogP contribution in [0.3, 0.4) is 0 Å². The summed E-state index contributed by atoms with van der Waals surface area (Å²) in [5.74, 6) is -11.0. The van der Waals surface area contributed by atoms with Crippen molar-refractivity contribution in [3.63, 3.8) is 0 Å². The van der Waals surface area contributed by atoms with Crippen LogP contribution in [0.5, 0.6) is 0 Å². The van der Waals surface area contributed by atoms with E-state index in [0.29, 0.717) is 0 Å². The molecule has 92 heavy (non-hydrogen) atoms. The minimum absolute atomic E-state index is 0.0302. The second-order valence-electron chi connectivity index (χ2n) is 26.7. The minimum Gasteiger partial charge on any atom is -0.462 e. The summed E-state index contributed by atoms with van der Waals surface area (Å²) in [5.41, 5.74) is 0. The summed E-state index contributed by atoms with van der Waals surface area (Å²) in [6.45, 7) is 27.7. The number of ether oxygens (including phenoxy) is 2. The van der Waals surface area contributed by atoms with Crippen molar-refractivity contribution in [3.8, 4) is 0 Å². The third kappa shape index (κ3) is 24.2. The number of hydrogen-bond acceptors (Lipinski definition) is 15. The highest BCUT2D eigenvalue weighted by molar-refractivity contribution is 5.99. The summed E-state index contributed by atoms with van der Waals surface area (Å²) >= 11 is 0. The van der Waals surface area contributed by atoms with Gasteiger partial charge in [-0.3, -0.25) is 57.5 Å². The van der Waals surface area contributed by atoms with Gasteiger partial charge in [-0.25, -0.2) is 0 Å².